The lowest BCUT2D eigenvalue weighted by Crippen LogP contribution is -2.42. The van der Waals surface area contributed by atoms with Crippen LogP contribution in [0.25, 0.3) is 6.08 Å². The molecule has 1 fully saturated rings. The Labute approximate surface area is 180 Å². The standard InChI is InChI=1S/C24H25NO4S/c1-14-11-15(2)19-9-10-24(4,29-21(19)16(14)3)13-28-18-7-5-17(6-8-18)12-20-22(26)25-23(27)30-20/h5-8,11-12H,9-10,13H2,1-4H3,(H,25,26,27)/b20-12+/t24-/m0/s1. The maximum absolute atomic E-state index is 11.7. The van der Waals surface area contributed by atoms with Gasteiger partial charge in [-0.2, -0.15) is 0 Å². The fraction of sp³-hybridized carbons (Fsp3) is 0.333. The number of imide groups is 1. The van der Waals surface area contributed by atoms with E-state index in [2.05, 4.69) is 39.1 Å². The van der Waals surface area contributed by atoms with Crippen LogP contribution in [0.3, 0.4) is 0 Å². The number of hydrogen-bond donors (Lipinski definition) is 1. The number of fused-ring (bicyclic) bond motifs is 1. The molecule has 0 bridgehead atoms. The Kier molecular flexibility index (Phi) is 5.36. The van der Waals surface area contributed by atoms with Crippen LogP contribution in [0, 0.1) is 20.8 Å². The lowest BCUT2D eigenvalue weighted by molar-refractivity contribution is -0.115. The molecule has 0 radical (unpaired) electrons. The summed E-state index contributed by atoms with van der Waals surface area (Å²) in [6, 6.07) is 9.71. The van der Waals surface area contributed by atoms with E-state index in [9.17, 15) is 9.59 Å². The van der Waals surface area contributed by atoms with Gasteiger partial charge >= 0.3 is 0 Å². The van der Waals surface area contributed by atoms with E-state index in [-0.39, 0.29) is 11.1 Å². The van der Waals surface area contributed by atoms with E-state index in [0.29, 0.717) is 11.5 Å². The van der Waals surface area contributed by atoms with Crippen LogP contribution in [0.15, 0.2) is 35.2 Å². The molecule has 6 heteroatoms. The van der Waals surface area contributed by atoms with Crippen LogP contribution in [0.4, 0.5) is 4.79 Å². The van der Waals surface area contributed by atoms with E-state index in [1.807, 2.05) is 24.3 Å². The lowest BCUT2D eigenvalue weighted by atomic mass is 9.88. The zero-order valence-corrected chi connectivity index (χ0v) is 18.4. The molecule has 2 amide bonds. The highest BCUT2D eigenvalue weighted by molar-refractivity contribution is 8.18. The molecule has 2 aromatic rings. The molecule has 5 nitrogen and oxygen atoms in total. The van der Waals surface area contributed by atoms with Gasteiger partial charge < -0.3 is 9.47 Å². The molecule has 2 aliphatic heterocycles. The van der Waals surface area contributed by atoms with Crippen molar-refractivity contribution in [2.24, 2.45) is 0 Å². The predicted molar refractivity (Wildman–Crippen MR) is 119 cm³/mol. The Morgan fingerprint density at radius 1 is 1.17 bits per heavy atom. The van der Waals surface area contributed by atoms with Crippen molar-refractivity contribution in [3.8, 4) is 11.5 Å². The summed E-state index contributed by atoms with van der Waals surface area (Å²) in [6.07, 6.45) is 3.58. The van der Waals surface area contributed by atoms with Crippen molar-refractivity contribution < 1.29 is 19.1 Å². The van der Waals surface area contributed by atoms with Gasteiger partial charge in [0, 0.05) is 0 Å². The van der Waals surface area contributed by atoms with E-state index in [1.165, 1.54) is 22.3 Å². The Morgan fingerprint density at radius 2 is 1.90 bits per heavy atom. The van der Waals surface area contributed by atoms with E-state index in [4.69, 9.17) is 9.47 Å². The number of carbonyl (C=O) groups excluding carboxylic acids is 2. The summed E-state index contributed by atoms with van der Waals surface area (Å²) < 4.78 is 12.5. The number of amides is 2. The summed E-state index contributed by atoms with van der Waals surface area (Å²) in [4.78, 5) is 23.3. The van der Waals surface area contributed by atoms with Crippen molar-refractivity contribution in [1.82, 2.24) is 5.32 Å². The van der Waals surface area contributed by atoms with Gasteiger partial charge in [-0.3, -0.25) is 14.9 Å². The van der Waals surface area contributed by atoms with Crippen LogP contribution in [0.2, 0.25) is 0 Å². The van der Waals surface area contributed by atoms with E-state index < -0.39 is 5.60 Å². The predicted octanol–water partition coefficient (Wildman–Crippen LogP) is 5.10. The van der Waals surface area contributed by atoms with Gasteiger partial charge in [0.1, 0.15) is 23.7 Å². The Hall–Kier alpha value is -2.73. The highest BCUT2D eigenvalue weighted by Gasteiger charge is 2.34. The highest BCUT2D eigenvalue weighted by Crippen LogP contribution is 2.39. The van der Waals surface area contributed by atoms with E-state index >= 15 is 0 Å². The topological polar surface area (TPSA) is 64.6 Å². The first-order valence-electron chi connectivity index (χ1n) is 10.0. The number of benzene rings is 2. The molecule has 0 aromatic heterocycles. The zero-order chi connectivity index (χ0) is 21.5. The number of nitrogens with one attached hydrogen (secondary N) is 1. The summed E-state index contributed by atoms with van der Waals surface area (Å²) in [7, 11) is 0. The van der Waals surface area contributed by atoms with Crippen molar-refractivity contribution in [2.45, 2.75) is 46.1 Å². The number of ether oxygens (including phenoxy) is 2. The van der Waals surface area contributed by atoms with Gasteiger partial charge in [0.15, 0.2) is 0 Å². The molecule has 0 unspecified atom stereocenters. The largest absolute Gasteiger partial charge is 0.489 e. The average molecular weight is 424 g/mol. The Balaban J connectivity index is 1.43. The Bertz CT molecular complexity index is 1060. The van der Waals surface area contributed by atoms with Gasteiger partial charge in [0.25, 0.3) is 11.1 Å². The minimum absolute atomic E-state index is 0.339. The maximum Gasteiger partial charge on any atom is 0.290 e. The fourth-order valence-electron chi connectivity index (χ4n) is 3.81. The van der Waals surface area contributed by atoms with Crippen LogP contribution < -0.4 is 14.8 Å². The van der Waals surface area contributed by atoms with E-state index in [1.54, 1.807) is 6.08 Å². The van der Waals surface area contributed by atoms with E-state index in [0.717, 1.165) is 41.7 Å². The molecule has 1 N–H and O–H groups in total. The quantitative estimate of drug-likeness (QED) is 0.693. The van der Waals surface area contributed by atoms with Crippen molar-refractivity contribution in [2.75, 3.05) is 6.61 Å². The van der Waals surface area contributed by atoms with Crippen LogP contribution in [-0.2, 0) is 11.2 Å². The SMILES string of the molecule is Cc1cc(C)c2c(c1C)O[C@](C)(COc1ccc(/C=C3/SC(=O)NC3=O)cc1)CC2. The third-order valence-corrected chi connectivity index (χ3v) is 6.54. The third-order valence-electron chi connectivity index (χ3n) is 5.73. The highest BCUT2D eigenvalue weighted by atomic mass is 32.2. The lowest BCUT2D eigenvalue weighted by Gasteiger charge is -2.37. The van der Waals surface area contributed by atoms with Crippen LogP contribution in [-0.4, -0.2) is 23.4 Å². The van der Waals surface area contributed by atoms with Gasteiger partial charge in [-0.05, 0) is 98.3 Å². The van der Waals surface area contributed by atoms with Crippen LogP contribution >= 0.6 is 11.8 Å². The normalized spacial score (nSPS) is 21.9. The summed E-state index contributed by atoms with van der Waals surface area (Å²) in [5.41, 5.74) is 5.49. The van der Waals surface area contributed by atoms with Crippen molar-refractivity contribution in [3.05, 3.63) is 63.1 Å². The summed E-state index contributed by atoms with van der Waals surface area (Å²) >= 11 is 0.912. The molecule has 156 valence electrons. The smallest absolute Gasteiger partial charge is 0.290 e. The molecule has 0 spiro atoms. The number of carbonyl (C=O) groups is 2. The number of thioether (sulfide) groups is 1. The molecule has 30 heavy (non-hydrogen) atoms. The van der Waals surface area contributed by atoms with Crippen molar-refractivity contribution in [1.29, 1.82) is 0 Å². The first-order valence-corrected chi connectivity index (χ1v) is 10.8. The molecule has 0 saturated carbocycles. The second kappa shape index (κ2) is 7.84. The number of hydrogen-bond acceptors (Lipinski definition) is 5. The second-order valence-electron chi connectivity index (χ2n) is 8.20. The molecule has 2 aliphatic rings. The first kappa shape index (κ1) is 20.5. The molecular weight excluding hydrogens is 398 g/mol. The third kappa shape index (κ3) is 4.10. The average Bonchev–Trinajstić information content (AvgIpc) is 3.02. The van der Waals surface area contributed by atoms with Gasteiger partial charge in [-0.1, -0.05) is 18.2 Å². The summed E-state index contributed by atoms with van der Waals surface area (Å²) in [5, 5.41) is 1.92. The molecular formula is C24H25NO4S. The zero-order valence-electron chi connectivity index (χ0n) is 17.6. The van der Waals surface area contributed by atoms with Gasteiger partial charge in [0.2, 0.25) is 0 Å². The molecule has 1 atom stereocenters. The van der Waals surface area contributed by atoms with Gasteiger partial charge in [0.05, 0.1) is 4.91 Å². The minimum atomic E-state index is -0.391. The van der Waals surface area contributed by atoms with Gasteiger partial charge in [-0.15, -0.1) is 0 Å². The molecule has 1 saturated heterocycles. The van der Waals surface area contributed by atoms with Crippen LogP contribution in [0.5, 0.6) is 11.5 Å². The molecule has 4 rings (SSSR count). The molecule has 2 aromatic carbocycles. The Morgan fingerprint density at radius 3 is 2.57 bits per heavy atom. The second-order valence-corrected chi connectivity index (χ2v) is 9.22. The van der Waals surface area contributed by atoms with Crippen molar-refractivity contribution >= 4 is 29.0 Å². The summed E-state index contributed by atoms with van der Waals surface area (Å²) in [5.74, 6) is 1.40. The maximum atomic E-state index is 11.7. The number of rotatable bonds is 4. The monoisotopic (exact) mass is 423 g/mol. The number of aryl methyl sites for hydroxylation is 2. The van der Waals surface area contributed by atoms with Crippen LogP contribution in [0.1, 0.15) is 41.2 Å². The molecule has 0 aliphatic carbocycles. The minimum Gasteiger partial charge on any atom is -0.489 e. The first-order chi connectivity index (χ1) is 14.2. The van der Waals surface area contributed by atoms with Crippen molar-refractivity contribution in [3.63, 3.8) is 0 Å². The molecule has 2 heterocycles. The summed E-state index contributed by atoms with van der Waals surface area (Å²) in [6.45, 7) is 8.93. The van der Waals surface area contributed by atoms with Gasteiger partial charge in [-0.25, -0.2) is 0 Å². The fourth-order valence-corrected chi connectivity index (χ4v) is 4.49.